The lowest BCUT2D eigenvalue weighted by Crippen LogP contribution is -2.35. The van der Waals surface area contributed by atoms with Crippen LogP contribution in [0.4, 0.5) is 0 Å². The van der Waals surface area contributed by atoms with Crippen LogP contribution in [0.2, 0.25) is 0 Å². The zero-order chi connectivity index (χ0) is 12.9. The second kappa shape index (κ2) is 6.06. The summed E-state index contributed by atoms with van der Waals surface area (Å²) in [6, 6.07) is 8.87. The van der Waals surface area contributed by atoms with E-state index >= 15 is 0 Å². The molecule has 17 heavy (non-hydrogen) atoms. The number of hydrogen-bond donors (Lipinski definition) is 1. The van der Waals surface area contributed by atoms with Crippen LogP contribution in [-0.2, 0) is 6.42 Å². The number of rotatable bonds is 6. The van der Waals surface area contributed by atoms with Gasteiger partial charge in [0.25, 0.3) is 0 Å². The van der Waals surface area contributed by atoms with Crippen molar-refractivity contribution in [2.45, 2.75) is 40.2 Å². The Morgan fingerprint density at radius 1 is 1.29 bits per heavy atom. The van der Waals surface area contributed by atoms with E-state index in [0.717, 1.165) is 18.7 Å². The molecule has 96 valence electrons. The van der Waals surface area contributed by atoms with Crippen molar-refractivity contribution >= 4 is 0 Å². The van der Waals surface area contributed by atoms with Crippen molar-refractivity contribution in [3.8, 4) is 5.75 Å². The number of methoxy groups -OCH3 is 1. The molecule has 0 saturated carbocycles. The SMILES string of the molecule is COc1cccc(CC(C)(C)CNC(C)C)c1. The number of hydrogen-bond acceptors (Lipinski definition) is 2. The maximum atomic E-state index is 5.25. The molecule has 0 aliphatic rings. The molecule has 0 saturated heterocycles. The first kappa shape index (κ1) is 14.0. The van der Waals surface area contributed by atoms with Gasteiger partial charge >= 0.3 is 0 Å². The van der Waals surface area contributed by atoms with Gasteiger partial charge in [0.15, 0.2) is 0 Å². The predicted molar refractivity (Wildman–Crippen MR) is 73.6 cm³/mol. The minimum atomic E-state index is 0.261. The normalized spacial score (nSPS) is 11.9. The Balaban J connectivity index is 2.61. The molecule has 1 N–H and O–H groups in total. The van der Waals surface area contributed by atoms with Crippen molar-refractivity contribution in [3.05, 3.63) is 29.8 Å². The van der Waals surface area contributed by atoms with Crippen molar-refractivity contribution in [2.75, 3.05) is 13.7 Å². The van der Waals surface area contributed by atoms with Crippen LogP contribution in [0.1, 0.15) is 33.3 Å². The first-order valence-electron chi connectivity index (χ1n) is 6.29. The molecule has 0 aliphatic heterocycles. The lowest BCUT2D eigenvalue weighted by Gasteiger charge is -2.26. The van der Waals surface area contributed by atoms with Gasteiger partial charge in [0.2, 0.25) is 0 Å². The summed E-state index contributed by atoms with van der Waals surface area (Å²) < 4.78 is 5.25. The number of ether oxygens (including phenoxy) is 1. The summed E-state index contributed by atoms with van der Waals surface area (Å²) in [6.07, 6.45) is 1.06. The zero-order valence-electron chi connectivity index (χ0n) is 11.7. The summed E-state index contributed by atoms with van der Waals surface area (Å²) in [5.41, 5.74) is 1.59. The van der Waals surface area contributed by atoms with Gasteiger partial charge in [-0.3, -0.25) is 0 Å². The molecule has 0 aromatic heterocycles. The lowest BCUT2D eigenvalue weighted by atomic mass is 9.85. The van der Waals surface area contributed by atoms with Crippen molar-refractivity contribution in [2.24, 2.45) is 5.41 Å². The molecule has 0 heterocycles. The molecule has 1 aromatic rings. The Hall–Kier alpha value is -1.02. The second-order valence-electron chi connectivity index (χ2n) is 5.73. The molecule has 0 unspecified atom stereocenters. The van der Waals surface area contributed by atoms with Gasteiger partial charge in [-0.15, -0.1) is 0 Å². The molecule has 2 heteroatoms. The van der Waals surface area contributed by atoms with Gasteiger partial charge in [0.1, 0.15) is 5.75 Å². The highest BCUT2D eigenvalue weighted by Crippen LogP contribution is 2.23. The van der Waals surface area contributed by atoms with E-state index in [0.29, 0.717) is 6.04 Å². The predicted octanol–water partition coefficient (Wildman–Crippen LogP) is 3.26. The molecule has 0 aliphatic carbocycles. The zero-order valence-corrected chi connectivity index (χ0v) is 11.7. The summed E-state index contributed by atoms with van der Waals surface area (Å²) >= 11 is 0. The first-order valence-corrected chi connectivity index (χ1v) is 6.29. The van der Waals surface area contributed by atoms with Gasteiger partial charge in [-0.25, -0.2) is 0 Å². The number of benzene rings is 1. The fourth-order valence-corrected chi connectivity index (χ4v) is 1.88. The van der Waals surface area contributed by atoms with Crippen LogP contribution in [0.5, 0.6) is 5.75 Å². The molecular weight excluding hydrogens is 210 g/mol. The molecule has 0 spiro atoms. The first-order chi connectivity index (χ1) is 7.93. The van der Waals surface area contributed by atoms with E-state index in [2.05, 4.69) is 51.2 Å². The molecule has 0 bridgehead atoms. The van der Waals surface area contributed by atoms with Crippen LogP contribution < -0.4 is 10.1 Å². The standard InChI is InChI=1S/C15H25NO/c1-12(2)16-11-15(3,4)10-13-7-6-8-14(9-13)17-5/h6-9,12,16H,10-11H2,1-5H3. The molecule has 0 atom stereocenters. The third kappa shape index (κ3) is 5.22. The molecule has 0 amide bonds. The van der Waals surface area contributed by atoms with E-state index in [4.69, 9.17) is 4.74 Å². The van der Waals surface area contributed by atoms with E-state index in [1.54, 1.807) is 7.11 Å². The van der Waals surface area contributed by atoms with Gasteiger partial charge < -0.3 is 10.1 Å². The van der Waals surface area contributed by atoms with E-state index < -0.39 is 0 Å². The Kier molecular flexibility index (Phi) is 5.01. The molecule has 0 radical (unpaired) electrons. The summed E-state index contributed by atoms with van der Waals surface area (Å²) in [5.74, 6) is 0.940. The van der Waals surface area contributed by atoms with Crippen LogP contribution in [0.3, 0.4) is 0 Å². The minimum Gasteiger partial charge on any atom is -0.497 e. The van der Waals surface area contributed by atoms with Crippen LogP contribution in [0.15, 0.2) is 24.3 Å². The van der Waals surface area contributed by atoms with E-state index in [9.17, 15) is 0 Å². The minimum absolute atomic E-state index is 0.261. The van der Waals surface area contributed by atoms with Crippen molar-refractivity contribution in [1.82, 2.24) is 5.32 Å². The second-order valence-corrected chi connectivity index (χ2v) is 5.73. The highest BCUT2D eigenvalue weighted by Gasteiger charge is 2.18. The highest BCUT2D eigenvalue weighted by atomic mass is 16.5. The Morgan fingerprint density at radius 2 is 2.00 bits per heavy atom. The van der Waals surface area contributed by atoms with Crippen LogP contribution in [0.25, 0.3) is 0 Å². The molecule has 1 rings (SSSR count). The van der Waals surface area contributed by atoms with Gasteiger partial charge in [-0.2, -0.15) is 0 Å². The summed E-state index contributed by atoms with van der Waals surface area (Å²) in [6.45, 7) is 9.98. The van der Waals surface area contributed by atoms with Crippen LogP contribution >= 0.6 is 0 Å². The fourth-order valence-electron chi connectivity index (χ4n) is 1.88. The Bertz CT molecular complexity index is 345. The Labute approximate surface area is 105 Å². The molecule has 1 aromatic carbocycles. The van der Waals surface area contributed by atoms with Crippen LogP contribution in [-0.4, -0.2) is 19.7 Å². The maximum Gasteiger partial charge on any atom is 0.119 e. The van der Waals surface area contributed by atoms with E-state index in [1.807, 2.05) is 6.07 Å². The van der Waals surface area contributed by atoms with E-state index in [-0.39, 0.29) is 5.41 Å². The van der Waals surface area contributed by atoms with Gasteiger partial charge in [0, 0.05) is 12.6 Å². The third-order valence-electron chi connectivity index (χ3n) is 2.81. The topological polar surface area (TPSA) is 21.3 Å². The quantitative estimate of drug-likeness (QED) is 0.817. The van der Waals surface area contributed by atoms with Gasteiger partial charge in [-0.1, -0.05) is 39.8 Å². The van der Waals surface area contributed by atoms with Crippen molar-refractivity contribution < 1.29 is 4.74 Å². The molecule has 2 nitrogen and oxygen atoms in total. The van der Waals surface area contributed by atoms with Gasteiger partial charge in [0.05, 0.1) is 7.11 Å². The molecule has 0 fully saturated rings. The molecular formula is C15H25NO. The van der Waals surface area contributed by atoms with Crippen molar-refractivity contribution in [1.29, 1.82) is 0 Å². The Morgan fingerprint density at radius 3 is 2.59 bits per heavy atom. The van der Waals surface area contributed by atoms with E-state index in [1.165, 1.54) is 5.56 Å². The lowest BCUT2D eigenvalue weighted by molar-refractivity contribution is 0.325. The maximum absolute atomic E-state index is 5.25. The third-order valence-corrected chi connectivity index (χ3v) is 2.81. The summed E-state index contributed by atoms with van der Waals surface area (Å²) in [5, 5.41) is 3.50. The fraction of sp³-hybridized carbons (Fsp3) is 0.600. The smallest absolute Gasteiger partial charge is 0.119 e. The summed E-state index contributed by atoms with van der Waals surface area (Å²) in [7, 11) is 1.71. The van der Waals surface area contributed by atoms with Gasteiger partial charge in [-0.05, 0) is 29.5 Å². The van der Waals surface area contributed by atoms with Crippen LogP contribution in [0, 0.1) is 5.41 Å². The average Bonchev–Trinajstić information content (AvgIpc) is 2.26. The summed E-state index contributed by atoms with van der Waals surface area (Å²) in [4.78, 5) is 0. The highest BCUT2D eigenvalue weighted by molar-refractivity contribution is 5.29. The van der Waals surface area contributed by atoms with Crippen molar-refractivity contribution in [3.63, 3.8) is 0 Å². The number of nitrogens with one attached hydrogen (secondary N) is 1. The monoisotopic (exact) mass is 235 g/mol. The average molecular weight is 235 g/mol. The largest absolute Gasteiger partial charge is 0.497 e.